The summed E-state index contributed by atoms with van der Waals surface area (Å²) in [7, 11) is 0. The van der Waals surface area contributed by atoms with Crippen LogP contribution in [0.25, 0.3) is 22.3 Å². The Hall–Kier alpha value is -4.78. The highest BCUT2D eigenvalue weighted by atomic mass is 19.1. The van der Waals surface area contributed by atoms with Crippen LogP contribution in [-0.2, 0) is 11.3 Å². The summed E-state index contributed by atoms with van der Waals surface area (Å²) in [6.45, 7) is 5.75. The van der Waals surface area contributed by atoms with Gasteiger partial charge in [0.15, 0.2) is 5.65 Å². The van der Waals surface area contributed by atoms with E-state index in [-0.39, 0.29) is 35.1 Å². The van der Waals surface area contributed by atoms with E-state index in [0.29, 0.717) is 22.5 Å². The number of benzene rings is 2. The molecule has 0 unspecified atom stereocenters. The first kappa shape index (κ1) is 25.3. The Bertz CT molecular complexity index is 1510. The zero-order chi connectivity index (χ0) is 26.5. The normalized spacial score (nSPS) is 12.4. The van der Waals surface area contributed by atoms with Crippen LogP contribution in [0.1, 0.15) is 20.8 Å². The number of nitriles is 1. The van der Waals surface area contributed by atoms with E-state index in [9.17, 15) is 10.1 Å². The molecular formula is C27H26FN7O2. The maximum Gasteiger partial charge on any atom is 0.261 e. The molecule has 0 aliphatic carbocycles. The molecule has 0 aliphatic heterocycles. The SMILES string of the molecule is CC(C)C=C(C#N)C(=O)N[C@@H](C)Cn1nc(-c2ccc(Oc3ccccc3)cc2F)c2c(N)ncnc21. The van der Waals surface area contributed by atoms with E-state index >= 15 is 4.39 Å². The molecule has 0 saturated heterocycles. The van der Waals surface area contributed by atoms with Gasteiger partial charge in [0, 0.05) is 17.7 Å². The van der Waals surface area contributed by atoms with Crippen molar-refractivity contribution in [1.82, 2.24) is 25.1 Å². The maximum atomic E-state index is 15.3. The van der Waals surface area contributed by atoms with E-state index in [4.69, 9.17) is 10.5 Å². The third-order valence-electron chi connectivity index (χ3n) is 5.42. The number of nitrogen functional groups attached to an aromatic ring is 1. The second kappa shape index (κ2) is 10.9. The number of carbonyl (C=O) groups excluding carboxylic acids is 1. The van der Waals surface area contributed by atoms with Gasteiger partial charge in [0.1, 0.15) is 46.8 Å². The number of carbonyl (C=O) groups is 1. The lowest BCUT2D eigenvalue weighted by Gasteiger charge is -2.14. The summed E-state index contributed by atoms with van der Waals surface area (Å²) in [6.07, 6.45) is 2.90. The summed E-state index contributed by atoms with van der Waals surface area (Å²) >= 11 is 0. The van der Waals surface area contributed by atoms with Crippen LogP contribution >= 0.6 is 0 Å². The Morgan fingerprint density at radius 2 is 1.95 bits per heavy atom. The number of hydrogen-bond acceptors (Lipinski definition) is 7. The van der Waals surface area contributed by atoms with E-state index in [2.05, 4.69) is 20.4 Å². The molecule has 2 aromatic carbocycles. The van der Waals surface area contributed by atoms with Gasteiger partial charge in [-0.25, -0.2) is 19.0 Å². The highest BCUT2D eigenvalue weighted by Gasteiger charge is 2.22. The summed E-state index contributed by atoms with van der Waals surface area (Å²) in [6, 6.07) is 15.1. The van der Waals surface area contributed by atoms with Crippen LogP contribution in [0.4, 0.5) is 10.2 Å². The molecule has 188 valence electrons. The molecule has 1 amide bonds. The zero-order valence-electron chi connectivity index (χ0n) is 20.6. The van der Waals surface area contributed by atoms with Gasteiger partial charge in [-0.15, -0.1) is 0 Å². The monoisotopic (exact) mass is 499 g/mol. The van der Waals surface area contributed by atoms with Crippen molar-refractivity contribution in [2.24, 2.45) is 5.92 Å². The number of halogens is 1. The van der Waals surface area contributed by atoms with Crippen molar-refractivity contribution in [3.05, 3.63) is 72.3 Å². The molecule has 10 heteroatoms. The molecule has 4 aromatic rings. The van der Waals surface area contributed by atoms with Crippen LogP contribution in [0.15, 0.2) is 66.5 Å². The summed E-state index contributed by atoms with van der Waals surface area (Å²) < 4.78 is 22.5. The molecule has 4 rings (SSSR count). The quantitative estimate of drug-likeness (QED) is 0.267. The number of nitrogens with zero attached hydrogens (tertiary/aromatic N) is 5. The fourth-order valence-corrected chi connectivity index (χ4v) is 3.83. The smallest absolute Gasteiger partial charge is 0.261 e. The molecule has 2 aromatic heterocycles. The Balaban J connectivity index is 1.64. The molecule has 2 heterocycles. The number of amides is 1. The number of anilines is 1. The highest BCUT2D eigenvalue weighted by molar-refractivity contribution is 5.99. The fraction of sp³-hybridized carbons (Fsp3) is 0.222. The Morgan fingerprint density at radius 3 is 2.62 bits per heavy atom. The summed E-state index contributed by atoms with van der Waals surface area (Å²) in [5.41, 5.74) is 7.05. The second-order valence-electron chi connectivity index (χ2n) is 8.86. The summed E-state index contributed by atoms with van der Waals surface area (Å²) in [4.78, 5) is 20.9. The predicted molar refractivity (Wildman–Crippen MR) is 138 cm³/mol. The van der Waals surface area contributed by atoms with E-state index in [1.165, 1.54) is 12.4 Å². The molecular weight excluding hydrogens is 473 g/mol. The molecule has 1 atom stereocenters. The molecule has 9 nitrogen and oxygen atoms in total. The van der Waals surface area contributed by atoms with Crippen LogP contribution in [0, 0.1) is 23.1 Å². The lowest BCUT2D eigenvalue weighted by atomic mass is 10.1. The number of ether oxygens (including phenoxy) is 1. The van der Waals surface area contributed by atoms with Gasteiger partial charge in [0.05, 0.1) is 11.9 Å². The van der Waals surface area contributed by atoms with Crippen LogP contribution in [0.5, 0.6) is 11.5 Å². The lowest BCUT2D eigenvalue weighted by Crippen LogP contribution is -2.36. The Labute approximate surface area is 213 Å². The Kier molecular flexibility index (Phi) is 7.44. The van der Waals surface area contributed by atoms with Crippen LogP contribution in [-0.4, -0.2) is 31.7 Å². The number of para-hydroxylation sites is 1. The zero-order valence-corrected chi connectivity index (χ0v) is 20.6. The van der Waals surface area contributed by atoms with Crippen LogP contribution < -0.4 is 15.8 Å². The van der Waals surface area contributed by atoms with Crippen molar-refractivity contribution >= 4 is 22.8 Å². The van der Waals surface area contributed by atoms with Gasteiger partial charge in [0.25, 0.3) is 5.91 Å². The number of nitrogens with two attached hydrogens (primary N) is 1. The van der Waals surface area contributed by atoms with Crippen molar-refractivity contribution in [2.45, 2.75) is 33.4 Å². The molecule has 3 N–H and O–H groups in total. The molecule has 37 heavy (non-hydrogen) atoms. The Morgan fingerprint density at radius 1 is 1.19 bits per heavy atom. The highest BCUT2D eigenvalue weighted by Crippen LogP contribution is 2.34. The van der Waals surface area contributed by atoms with Crippen LogP contribution in [0.3, 0.4) is 0 Å². The third kappa shape index (κ3) is 5.73. The van der Waals surface area contributed by atoms with Crippen molar-refractivity contribution < 1.29 is 13.9 Å². The van der Waals surface area contributed by atoms with Crippen molar-refractivity contribution in [2.75, 3.05) is 5.73 Å². The molecule has 0 fully saturated rings. The minimum atomic E-state index is -0.554. The molecule has 0 bridgehead atoms. The topological polar surface area (TPSA) is 132 Å². The minimum Gasteiger partial charge on any atom is -0.457 e. The standard InChI is InChI=1S/C27H26FN7O2/c1-16(2)11-18(13-29)27(36)33-17(3)14-35-26-23(25(30)31-15-32-26)24(34-35)21-10-9-20(12-22(21)28)37-19-7-5-4-6-8-19/h4-12,15-17H,14H2,1-3H3,(H,33,36)(H2,30,31,32)/t17-/m0/s1. The van der Waals surface area contributed by atoms with Gasteiger partial charge in [-0.2, -0.15) is 10.4 Å². The number of fused-ring (bicyclic) bond motifs is 1. The molecule has 0 aliphatic rings. The van der Waals surface area contributed by atoms with Crippen molar-refractivity contribution in [3.8, 4) is 28.8 Å². The number of hydrogen-bond donors (Lipinski definition) is 2. The first-order chi connectivity index (χ1) is 17.8. The second-order valence-corrected chi connectivity index (χ2v) is 8.86. The average molecular weight is 500 g/mol. The number of aromatic nitrogens is 4. The molecule has 0 radical (unpaired) electrons. The summed E-state index contributed by atoms with van der Waals surface area (Å²) in [5, 5.41) is 17.1. The largest absolute Gasteiger partial charge is 0.457 e. The first-order valence-corrected chi connectivity index (χ1v) is 11.7. The average Bonchev–Trinajstić information content (AvgIpc) is 3.22. The van der Waals surface area contributed by atoms with E-state index < -0.39 is 17.8 Å². The molecule has 0 spiro atoms. The van der Waals surface area contributed by atoms with Crippen LogP contribution in [0.2, 0.25) is 0 Å². The van der Waals surface area contributed by atoms with Gasteiger partial charge in [-0.3, -0.25) is 4.79 Å². The first-order valence-electron chi connectivity index (χ1n) is 11.7. The van der Waals surface area contributed by atoms with Gasteiger partial charge in [-0.05, 0) is 37.1 Å². The number of allylic oxidation sites excluding steroid dienone is 1. The fourth-order valence-electron chi connectivity index (χ4n) is 3.83. The maximum absolute atomic E-state index is 15.3. The summed E-state index contributed by atoms with van der Waals surface area (Å²) in [5.74, 6) is 0.0861. The van der Waals surface area contributed by atoms with Crippen molar-refractivity contribution in [1.29, 1.82) is 5.26 Å². The molecule has 0 saturated carbocycles. The van der Waals surface area contributed by atoms with E-state index in [0.717, 1.165) is 0 Å². The predicted octanol–water partition coefficient (Wildman–Crippen LogP) is 4.62. The van der Waals surface area contributed by atoms with E-state index in [1.54, 1.807) is 41.9 Å². The van der Waals surface area contributed by atoms with Gasteiger partial charge >= 0.3 is 0 Å². The third-order valence-corrected chi connectivity index (χ3v) is 5.42. The minimum absolute atomic E-state index is 0.0410. The van der Waals surface area contributed by atoms with Crippen molar-refractivity contribution in [3.63, 3.8) is 0 Å². The van der Waals surface area contributed by atoms with Gasteiger partial charge in [-0.1, -0.05) is 38.1 Å². The van der Waals surface area contributed by atoms with E-state index in [1.807, 2.05) is 38.1 Å². The lowest BCUT2D eigenvalue weighted by molar-refractivity contribution is -0.117. The van der Waals surface area contributed by atoms with Gasteiger partial charge < -0.3 is 15.8 Å². The van der Waals surface area contributed by atoms with Gasteiger partial charge in [0.2, 0.25) is 0 Å². The number of nitrogens with one attached hydrogen (secondary N) is 1. The number of rotatable bonds is 8.